The van der Waals surface area contributed by atoms with Crippen LogP contribution in [0.5, 0.6) is 0 Å². The second kappa shape index (κ2) is 14.9. The van der Waals surface area contributed by atoms with Crippen LogP contribution in [0.15, 0.2) is 152 Å². The maximum Gasteiger partial charge on any atom is 0.494 e. The molecule has 3 heterocycles. The topological polar surface area (TPSA) is 44.2 Å². The first-order chi connectivity index (χ1) is 28.0. The maximum atomic E-state index is 7.69. The quantitative estimate of drug-likeness (QED) is 0.153. The smallest absolute Gasteiger partial charge is 0.399 e. The van der Waals surface area contributed by atoms with Gasteiger partial charge in [-0.3, -0.25) is 9.97 Å². The predicted molar refractivity (Wildman–Crippen MR) is 230 cm³/mol. The number of rotatable bonds is 7. The molecule has 54 heavy (non-hydrogen) atoms. The molecule has 0 aliphatic carbocycles. The zero-order valence-corrected chi connectivity index (χ0v) is 31.7. The van der Waals surface area contributed by atoms with Gasteiger partial charge >= 0.3 is 7.12 Å². The summed E-state index contributed by atoms with van der Waals surface area (Å²) in [5.74, 6) is 0. The Morgan fingerprint density at radius 3 is 1.19 bits per heavy atom. The standard InChI is InChI=1S/C48H43BN2O2.H2S/c1-32-15-25-45(50-30-32)36-21-17-34(18-22-36)41-11-7-9-13-43(41)38-27-39(29-40(28-38)49-52-47(3,4)48(5,6)53-49)44-14-10-8-12-42(44)35-19-23-37(24-20-35)46-26-16-33(2)31-51-46;/h7-31H,1-6H3;1H2/i1D3,2D3;. The minimum atomic E-state index is -2.20. The van der Waals surface area contributed by atoms with Crippen LogP contribution in [0.3, 0.4) is 0 Å². The van der Waals surface area contributed by atoms with Gasteiger partial charge in [0.25, 0.3) is 0 Å². The van der Waals surface area contributed by atoms with E-state index in [0.29, 0.717) is 11.4 Å². The molecular formula is C48H45BN2O2S. The first-order valence-corrected chi connectivity index (χ1v) is 17.8. The van der Waals surface area contributed by atoms with Gasteiger partial charge in [-0.1, -0.05) is 121 Å². The lowest BCUT2D eigenvalue weighted by molar-refractivity contribution is 0.00578. The Balaban J connectivity index is 0.00000544. The molecule has 0 spiro atoms. The summed E-state index contributed by atoms with van der Waals surface area (Å²) < 4.78 is 59.4. The van der Waals surface area contributed by atoms with Crippen LogP contribution < -0.4 is 5.46 Å². The average Bonchev–Trinajstić information content (AvgIpc) is 3.46. The molecular weight excluding hydrogens is 679 g/mol. The number of aryl methyl sites for hydroxylation is 2. The lowest BCUT2D eigenvalue weighted by atomic mass is 9.75. The van der Waals surface area contributed by atoms with Crippen molar-refractivity contribution in [2.75, 3.05) is 0 Å². The molecule has 0 saturated carbocycles. The summed E-state index contributed by atoms with van der Waals surface area (Å²) in [6.07, 6.45) is 2.85. The molecule has 268 valence electrons. The molecule has 0 amide bonds. The van der Waals surface area contributed by atoms with Crippen molar-refractivity contribution in [3.05, 3.63) is 163 Å². The molecule has 0 bridgehead atoms. The molecule has 7 aromatic rings. The number of pyridine rings is 2. The fourth-order valence-corrected chi connectivity index (χ4v) is 6.82. The van der Waals surface area contributed by atoms with Crippen LogP contribution in [0.2, 0.25) is 0 Å². The molecule has 8 rings (SSSR count). The van der Waals surface area contributed by atoms with Crippen LogP contribution in [0.4, 0.5) is 0 Å². The summed E-state index contributed by atoms with van der Waals surface area (Å²) in [5, 5.41) is 0. The number of aromatic nitrogens is 2. The van der Waals surface area contributed by atoms with Crippen LogP contribution in [-0.2, 0) is 9.31 Å². The van der Waals surface area contributed by atoms with E-state index in [1.807, 2.05) is 48.5 Å². The molecule has 1 aliphatic heterocycles. The minimum Gasteiger partial charge on any atom is -0.399 e. The monoisotopic (exact) mass is 730 g/mol. The molecule has 1 saturated heterocycles. The molecule has 0 N–H and O–H groups in total. The van der Waals surface area contributed by atoms with Crippen molar-refractivity contribution in [1.29, 1.82) is 0 Å². The van der Waals surface area contributed by atoms with Crippen molar-refractivity contribution < 1.29 is 17.5 Å². The Labute approximate surface area is 335 Å². The van der Waals surface area contributed by atoms with Crippen molar-refractivity contribution in [3.8, 4) is 67.0 Å². The lowest BCUT2D eigenvalue weighted by Crippen LogP contribution is -2.41. The van der Waals surface area contributed by atoms with E-state index in [1.165, 1.54) is 12.4 Å². The zero-order valence-electron chi connectivity index (χ0n) is 36.7. The number of hydrogen-bond acceptors (Lipinski definition) is 4. The van der Waals surface area contributed by atoms with E-state index in [1.54, 1.807) is 24.3 Å². The summed E-state index contributed by atoms with van der Waals surface area (Å²) in [6.45, 7) is 3.83. The number of hydrogen-bond donors (Lipinski definition) is 0. The Hall–Kier alpha value is -5.27. The Morgan fingerprint density at radius 2 is 0.833 bits per heavy atom. The average molecular weight is 731 g/mol. The fraction of sp³-hybridized carbons (Fsp3) is 0.167. The minimum absolute atomic E-state index is 0. The summed E-state index contributed by atoms with van der Waals surface area (Å²) in [6, 6.07) is 46.3. The number of benzene rings is 5. The van der Waals surface area contributed by atoms with Gasteiger partial charge in [-0.15, -0.1) is 0 Å². The summed E-state index contributed by atoms with van der Waals surface area (Å²) >= 11 is 0. The highest BCUT2D eigenvalue weighted by molar-refractivity contribution is 7.59. The Morgan fingerprint density at radius 1 is 0.463 bits per heavy atom. The van der Waals surface area contributed by atoms with Crippen LogP contribution in [0.1, 0.15) is 47.0 Å². The highest BCUT2D eigenvalue weighted by atomic mass is 32.1. The van der Waals surface area contributed by atoms with E-state index in [-0.39, 0.29) is 24.6 Å². The summed E-state index contributed by atoms with van der Waals surface area (Å²) in [4.78, 5) is 8.89. The van der Waals surface area contributed by atoms with Crippen molar-refractivity contribution >= 4 is 26.1 Å². The highest BCUT2D eigenvalue weighted by Crippen LogP contribution is 2.40. The molecule has 0 atom stereocenters. The fourth-order valence-electron chi connectivity index (χ4n) is 6.82. The van der Waals surface area contributed by atoms with Gasteiger partial charge in [0, 0.05) is 31.7 Å². The van der Waals surface area contributed by atoms with Gasteiger partial charge < -0.3 is 9.31 Å². The van der Waals surface area contributed by atoms with Crippen LogP contribution in [0, 0.1) is 13.7 Å². The van der Waals surface area contributed by atoms with Crippen LogP contribution >= 0.6 is 13.5 Å². The second-order valence-electron chi connectivity index (χ2n) is 14.5. The van der Waals surface area contributed by atoms with E-state index in [2.05, 4.69) is 104 Å². The first-order valence-electron chi connectivity index (χ1n) is 20.8. The molecule has 5 aromatic carbocycles. The predicted octanol–water partition coefficient (Wildman–Crippen LogP) is 11.5. The van der Waals surface area contributed by atoms with Crippen molar-refractivity contribution in [2.24, 2.45) is 0 Å². The molecule has 6 heteroatoms. The third-order valence-corrected chi connectivity index (χ3v) is 10.5. The summed E-state index contributed by atoms with van der Waals surface area (Å²) in [7, 11) is -0.593. The van der Waals surface area contributed by atoms with Gasteiger partial charge in [-0.2, -0.15) is 13.5 Å². The zero-order chi connectivity index (χ0) is 41.7. The molecule has 0 unspecified atom stereocenters. The van der Waals surface area contributed by atoms with E-state index >= 15 is 0 Å². The second-order valence-corrected chi connectivity index (χ2v) is 14.5. The number of nitrogens with zero attached hydrogens (tertiary/aromatic N) is 2. The first kappa shape index (κ1) is 30.1. The lowest BCUT2D eigenvalue weighted by Gasteiger charge is -2.32. The van der Waals surface area contributed by atoms with E-state index < -0.39 is 32.0 Å². The van der Waals surface area contributed by atoms with Crippen molar-refractivity contribution in [3.63, 3.8) is 0 Å². The van der Waals surface area contributed by atoms with Gasteiger partial charge in [0.15, 0.2) is 0 Å². The molecule has 2 aromatic heterocycles. The van der Waals surface area contributed by atoms with Crippen LogP contribution in [0.25, 0.3) is 67.0 Å². The largest absolute Gasteiger partial charge is 0.494 e. The van der Waals surface area contributed by atoms with Gasteiger partial charge in [0.05, 0.1) is 22.6 Å². The third-order valence-electron chi connectivity index (χ3n) is 10.5. The Bertz CT molecular complexity index is 2450. The SMILES string of the molecule is S.[2H]C([2H])([2H])c1ccc(-c2ccc(-c3ccccc3-c3cc(B4OC(C)(C)C(C)(C)O4)cc(-c4ccccc4-c4ccc(-c5ccc(C([2H])([2H])[2H])cn5)cc4)c3)cc2)nc1. The van der Waals surface area contributed by atoms with Gasteiger partial charge in [-0.25, -0.2) is 0 Å². The molecule has 1 aliphatic rings. The van der Waals surface area contributed by atoms with Crippen LogP contribution in [-0.4, -0.2) is 28.3 Å². The van der Waals surface area contributed by atoms with Gasteiger partial charge in [0.1, 0.15) is 0 Å². The van der Waals surface area contributed by atoms with E-state index in [0.717, 1.165) is 61.1 Å². The highest BCUT2D eigenvalue weighted by Gasteiger charge is 2.51. The molecule has 4 nitrogen and oxygen atoms in total. The summed E-state index contributed by atoms with van der Waals surface area (Å²) in [5.41, 5.74) is 11.7. The van der Waals surface area contributed by atoms with Crippen molar-refractivity contribution in [1.82, 2.24) is 9.97 Å². The maximum absolute atomic E-state index is 7.69. The van der Waals surface area contributed by atoms with Crippen molar-refractivity contribution in [2.45, 2.75) is 52.6 Å². The molecule has 1 fully saturated rings. The van der Waals surface area contributed by atoms with E-state index in [9.17, 15) is 0 Å². The molecule has 0 radical (unpaired) electrons. The van der Waals surface area contributed by atoms with E-state index in [4.69, 9.17) is 17.5 Å². The normalized spacial score (nSPS) is 16.6. The van der Waals surface area contributed by atoms with Gasteiger partial charge in [-0.05, 0) is 121 Å². The van der Waals surface area contributed by atoms with Gasteiger partial charge in [0.2, 0.25) is 0 Å². The third kappa shape index (κ3) is 7.30. The Kier molecular flexibility index (Phi) is 8.29.